The van der Waals surface area contributed by atoms with E-state index >= 15 is 0 Å². The van der Waals surface area contributed by atoms with E-state index in [9.17, 15) is 0 Å². The highest BCUT2D eigenvalue weighted by Gasteiger charge is 2.09. The monoisotopic (exact) mass is 261 g/mol. The molecule has 0 saturated heterocycles. The van der Waals surface area contributed by atoms with E-state index in [1.807, 2.05) is 0 Å². The molecule has 0 aliphatic rings. The normalized spacial score (nSPS) is 10.6. The minimum absolute atomic E-state index is 0.529. The van der Waals surface area contributed by atoms with Crippen LogP contribution >= 0.6 is 11.3 Å². The van der Waals surface area contributed by atoms with E-state index in [1.54, 1.807) is 11.3 Å². The Morgan fingerprint density at radius 3 is 2.72 bits per heavy atom. The van der Waals surface area contributed by atoms with Crippen LogP contribution in [0.25, 0.3) is 0 Å². The molecule has 18 heavy (non-hydrogen) atoms. The maximum Gasteiger partial charge on any atom is 0.107 e. The molecule has 0 aliphatic heterocycles. The number of benzene rings is 1. The Hall–Kier alpha value is -1.39. The Morgan fingerprint density at radius 1 is 1.33 bits per heavy atom. The van der Waals surface area contributed by atoms with E-state index in [1.165, 1.54) is 11.3 Å². The highest BCUT2D eigenvalue weighted by Crippen LogP contribution is 2.21. The number of rotatable bonds is 5. The number of nitrogens with zero attached hydrogens (tertiary/aromatic N) is 2. The molecule has 0 fully saturated rings. The van der Waals surface area contributed by atoms with Gasteiger partial charge in [0, 0.05) is 24.2 Å². The third-order valence-electron chi connectivity index (χ3n) is 2.96. The zero-order chi connectivity index (χ0) is 13.0. The summed E-state index contributed by atoms with van der Waals surface area (Å²) in [5.41, 5.74) is 9.28. The molecule has 0 aliphatic carbocycles. The molecule has 1 heterocycles. The average molecular weight is 261 g/mol. The number of aromatic nitrogens is 1. The second-order valence-electron chi connectivity index (χ2n) is 4.24. The summed E-state index contributed by atoms with van der Waals surface area (Å²) in [5.74, 6) is 0. The fourth-order valence-corrected chi connectivity index (χ4v) is 2.66. The number of para-hydroxylation sites is 1. The number of thiazole rings is 1. The van der Waals surface area contributed by atoms with Gasteiger partial charge in [-0.1, -0.05) is 18.2 Å². The highest BCUT2D eigenvalue weighted by molar-refractivity contribution is 7.09. The summed E-state index contributed by atoms with van der Waals surface area (Å²) in [6.07, 6.45) is 0. The van der Waals surface area contributed by atoms with Crippen LogP contribution < -0.4 is 10.6 Å². The molecule has 0 bridgehead atoms. The van der Waals surface area contributed by atoms with Gasteiger partial charge in [-0.3, -0.25) is 0 Å². The molecule has 0 radical (unpaired) electrons. The van der Waals surface area contributed by atoms with Crippen LogP contribution in [0.1, 0.15) is 23.2 Å². The Kier molecular flexibility index (Phi) is 4.33. The molecule has 0 atom stereocenters. The molecule has 1 aromatic carbocycles. The average Bonchev–Trinajstić information content (AvgIpc) is 2.85. The van der Waals surface area contributed by atoms with Crippen LogP contribution in [-0.4, -0.2) is 11.5 Å². The van der Waals surface area contributed by atoms with Crippen LogP contribution in [0, 0.1) is 6.92 Å². The number of nitrogens with two attached hydrogens (primary N) is 1. The summed E-state index contributed by atoms with van der Waals surface area (Å²) >= 11 is 1.64. The van der Waals surface area contributed by atoms with Gasteiger partial charge in [-0.2, -0.15) is 0 Å². The Labute approximate surface area is 112 Å². The van der Waals surface area contributed by atoms with Crippen LogP contribution in [-0.2, 0) is 13.1 Å². The lowest BCUT2D eigenvalue weighted by molar-refractivity contribution is 0.806. The summed E-state index contributed by atoms with van der Waals surface area (Å²) in [7, 11) is 0. The van der Waals surface area contributed by atoms with Crippen molar-refractivity contribution in [1.82, 2.24) is 4.98 Å². The van der Waals surface area contributed by atoms with E-state index in [0.717, 1.165) is 23.8 Å². The maximum absolute atomic E-state index is 5.60. The van der Waals surface area contributed by atoms with Crippen molar-refractivity contribution < 1.29 is 0 Å². The molecule has 4 heteroatoms. The minimum atomic E-state index is 0.529. The molecule has 2 aromatic rings. The largest absolute Gasteiger partial charge is 0.366 e. The van der Waals surface area contributed by atoms with Crippen LogP contribution in [0.2, 0.25) is 0 Å². The van der Waals surface area contributed by atoms with Crippen LogP contribution in [0.4, 0.5) is 5.69 Å². The van der Waals surface area contributed by atoms with Crippen molar-refractivity contribution in [3.8, 4) is 0 Å². The molecular formula is C14H19N3S. The van der Waals surface area contributed by atoms with Gasteiger partial charge in [0.25, 0.3) is 0 Å². The van der Waals surface area contributed by atoms with E-state index in [4.69, 9.17) is 5.73 Å². The van der Waals surface area contributed by atoms with Crippen LogP contribution in [0.3, 0.4) is 0 Å². The standard InChI is InChI=1S/C14H19N3S/c1-3-17(13-7-5-4-6-11(13)2)9-12-10-18-14(8-15)16-12/h4-7,10H,3,8-9,15H2,1-2H3. The fourth-order valence-electron chi connectivity index (χ4n) is 2.00. The van der Waals surface area contributed by atoms with Gasteiger partial charge in [-0.05, 0) is 25.5 Å². The number of hydrogen-bond acceptors (Lipinski definition) is 4. The van der Waals surface area contributed by atoms with Gasteiger partial charge < -0.3 is 10.6 Å². The van der Waals surface area contributed by atoms with Crippen molar-refractivity contribution in [3.05, 3.63) is 45.9 Å². The van der Waals surface area contributed by atoms with E-state index in [0.29, 0.717) is 6.54 Å². The van der Waals surface area contributed by atoms with Crippen molar-refractivity contribution in [3.63, 3.8) is 0 Å². The fraction of sp³-hybridized carbons (Fsp3) is 0.357. The predicted molar refractivity (Wildman–Crippen MR) is 77.9 cm³/mol. The lowest BCUT2D eigenvalue weighted by atomic mass is 10.2. The smallest absolute Gasteiger partial charge is 0.107 e. The molecule has 2 rings (SSSR count). The lowest BCUT2D eigenvalue weighted by Crippen LogP contribution is -2.23. The molecule has 3 nitrogen and oxygen atoms in total. The summed E-state index contributed by atoms with van der Waals surface area (Å²) in [6.45, 7) is 6.66. The number of hydrogen-bond donors (Lipinski definition) is 1. The summed E-state index contributed by atoms with van der Waals surface area (Å²) < 4.78 is 0. The van der Waals surface area contributed by atoms with Gasteiger partial charge in [0.1, 0.15) is 5.01 Å². The van der Waals surface area contributed by atoms with Crippen molar-refractivity contribution >= 4 is 17.0 Å². The van der Waals surface area contributed by atoms with Crippen LogP contribution in [0.15, 0.2) is 29.6 Å². The molecule has 2 N–H and O–H groups in total. The van der Waals surface area contributed by atoms with Gasteiger partial charge in [0.2, 0.25) is 0 Å². The van der Waals surface area contributed by atoms with E-state index in [2.05, 4.69) is 53.4 Å². The lowest BCUT2D eigenvalue weighted by Gasteiger charge is -2.24. The quantitative estimate of drug-likeness (QED) is 0.900. The minimum Gasteiger partial charge on any atom is -0.366 e. The first-order valence-electron chi connectivity index (χ1n) is 6.18. The molecule has 0 spiro atoms. The molecule has 0 saturated carbocycles. The van der Waals surface area contributed by atoms with Crippen molar-refractivity contribution in [1.29, 1.82) is 0 Å². The second kappa shape index (κ2) is 5.98. The molecule has 0 amide bonds. The summed E-state index contributed by atoms with van der Waals surface area (Å²) in [6, 6.07) is 8.46. The molecule has 0 unspecified atom stereocenters. The molecule has 1 aromatic heterocycles. The van der Waals surface area contributed by atoms with Crippen LogP contribution in [0.5, 0.6) is 0 Å². The van der Waals surface area contributed by atoms with Gasteiger partial charge >= 0.3 is 0 Å². The van der Waals surface area contributed by atoms with Gasteiger partial charge in [-0.25, -0.2) is 4.98 Å². The van der Waals surface area contributed by atoms with Gasteiger partial charge in [0.15, 0.2) is 0 Å². The maximum atomic E-state index is 5.60. The third-order valence-corrected chi connectivity index (χ3v) is 3.88. The van der Waals surface area contributed by atoms with Crippen molar-refractivity contribution in [2.24, 2.45) is 5.73 Å². The Bertz CT molecular complexity index is 507. The SMILES string of the molecule is CCN(Cc1csc(CN)n1)c1ccccc1C. The summed E-state index contributed by atoms with van der Waals surface area (Å²) in [5, 5.41) is 3.11. The Morgan fingerprint density at radius 2 is 2.11 bits per heavy atom. The third kappa shape index (κ3) is 2.89. The molecular weight excluding hydrogens is 242 g/mol. The van der Waals surface area contributed by atoms with E-state index < -0.39 is 0 Å². The Balaban J connectivity index is 2.17. The number of aryl methyl sites for hydroxylation is 1. The second-order valence-corrected chi connectivity index (χ2v) is 5.18. The van der Waals surface area contributed by atoms with Gasteiger partial charge in [0.05, 0.1) is 12.2 Å². The number of anilines is 1. The first-order chi connectivity index (χ1) is 8.74. The van der Waals surface area contributed by atoms with Crippen molar-refractivity contribution in [2.75, 3.05) is 11.4 Å². The first kappa shape index (κ1) is 13.1. The zero-order valence-corrected chi connectivity index (χ0v) is 11.7. The summed E-state index contributed by atoms with van der Waals surface area (Å²) in [4.78, 5) is 6.86. The molecule has 96 valence electrons. The van der Waals surface area contributed by atoms with Crippen molar-refractivity contribution in [2.45, 2.75) is 26.9 Å². The first-order valence-corrected chi connectivity index (χ1v) is 7.06. The van der Waals surface area contributed by atoms with Gasteiger partial charge in [-0.15, -0.1) is 11.3 Å². The highest BCUT2D eigenvalue weighted by atomic mass is 32.1. The van der Waals surface area contributed by atoms with E-state index in [-0.39, 0.29) is 0 Å². The topological polar surface area (TPSA) is 42.1 Å². The zero-order valence-electron chi connectivity index (χ0n) is 10.9. The predicted octanol–water partition coefficient (Wildman–Crippen LogP) is 2.94.